The van der Waals surface area contributed by atoms with Crippen LogP contribution in [0.1, 0.15) is 16.5 Å². The normalized spacial score (nSPS) is 10.3. The molecule has 0 spiro atoms. The lowest BCUT2D eigenvalue weighted by molar-refractivity contribution is -0.137. The van der Waals surface area contributed by atoms with E-state index in [9.17, 15) is 9.59 Å². The third-order valence-corrected chi connectivity index (χ3v) is 1.92. The maximum atomic E-state index is 11.6. The van der Waals surface area contributed by atoms with Gasteiger partial charge in [0.05, 0.1) is 11.9 Å². The number of rotatable bonds is 4. The summed E-state index contributed by atoms with van der Waals surface area (Å²) in [5.74, 6) is -1.40. The molecule has 94 valence electrons. The Morgan fingerprint density at radius 3 is 2.94 bits per heavy atom. The summed E-state index contributed by atoms with van der Waals surface area (Å²) in [4.78, 5) is 25.8. The van der Waals surface area contributed by atoms with E-state index < -0.39 is 11.9 Å². The van der Waals surface area contributed by atoms with Crippen molar-refractivity contribution in [2.24, 2.45) is 0 Å². The molecular formula is C9H9N5O4. The lowest BCUT2D eigenvalue weighted by Gasteiger charge is -1.96. The van der Waals surface area contributed by atoms with Gasteiger partial charge in [-0.2, -0.15) is 10.1 Å². The molecule has 9 heteroatoms. The van der Waals surface area contributed by atoms with Crippen molar-refractivity contribution in [1.82, 2.24) is 19.9 Å². The fourth-order valence-corrected chi connectivity index (χ4v) is 1.23. The highest BCUT2D eigenvalue weighted by atomic mass is 16.5. The number of carboxylic acids is 1. The molecule has 2 heterocycles. The van der Waals surface area contributed by atoms with Crippen LogP contribution < -0.4 is 5.32 Å². The largest absolute Gasteiger partial charge is 0.480 e. The number of amides is 1. The average Bonchev–Trinajstić information content (AvgIpc) is 2.87. The maximum Gasteiger partial charge on any atom is 0.325 e. The van der Waals surface area contributed by atoms with Crippen LogP contribution >= 0.6 is 0 Å². The van der Waals surface area contributed by atoms with Crippen molar-refractivity contribution >= 4 is 17.6 Å². The van der Waals surface area contributed by atoms with E-state index in [-0.39, 0.29) is 18.3 Å². The van der Waals surface area contributed by atoms with Gasteiger partial charge in [0.15, 0.2) is 0 Å². The Morgan fingerprint density at radius 1 is 1.56 bits per heavy atom. The number of carboxylic acid groups (broad SMARTS) is 1. The number of anilines is 1. The Bertz CT molecular complexity index is 587. The highest BCUT2D eigenvalue weighted by Gasteiger charge is 2.14. The molecule has 0 radical (unpaired) electrons. The zero-order valence-electron chi connectivity index (χ0n) is 9.32. The fourth-order valence-electron chi connectivity index (χ4n) is 1.23. The van der Waals surface area contributed by atoms with Crippen LogP contribution in [-0.4, -0.2) is 36.9 Å². The molecule has 9 nitrogen and oxygen atoms in total. The first-order valence-corrected chi connectivity index (χ1v) is 4.90. The summed E-state index contributed by atoms with van der Waals surface area (Å²) in [6.45, 7) is 1.28. The van der Waals surface area contributed by atoms with Crippen LogP contribution in [0, 0.1) is 6.92 Å². The summed E-state index contributed by atoms with van der Waals surface area (Å²) in [6.07, 6.45) is 2.72. The van der Waals surface area contributed by atoms with Gasteiger partial charge in [0.1, 0.15) is 6.54 Å². The number of carbonyl (C=O) groups excluding carboxylic acids is 1. The van der Waals surface area contributed by atoms with E-state index in [1.807, 2.05) is 0 Å². The second-order valence-electron chi connectivity index (χ2n) is 3.41. The molecule has 2 aromatic heterocycles. The van der Waals surface area contributed by atoms with Crippen LogP contribution in [-0.2, 0) is 11.3 Å². The van der Waals surface area contributed by atoms with Crippen molar-refractivity contribution < 1.29 is 19.2 Å². The first-order chi connectivity index (χ1) is 8.54. The molecule has 0 aliphatic rings. The van der Waals surface area contributed by atoms with Crippen LogP contribution in [0.2, 0.25) is 0 Å². The SMILES string of the molecule is Cc1nc(C(=O)Nc2cnn(CC(=O)O)c2)no1. The fraction of sp³-hybridized carbons (Fsp3) is 0.222. The number of aromatic nitrogens is 4. The minimum absolute atomic E-state index is 0.0986. The van der Waals surface area contributed by atoms with Gasteiger partial charge in [0, 0.05) is 13.1 Å². The summed E-state index contributed by atoms with van der Waals surface area (Å²) in [5.41, 5.74) is 0.351. The molecule has 0 saturated heterocycles. The third-order valence-electron chi connectivity index (χ3n) is 1.92. The van der Waals surface area contributed by atoms with Gasteiger partial charge in [-0.1, -0.05) is 5.16 Å². The predicted octanol–water partition coefficient (Wildman–Crippen LogP) is -0.0886. The van der Waals surface area contributed by atoms with Crippen molar-refractivity contribution in [1.29, 1.82) is 0 Å². The first-order valence-electron chi connectivity index (χ1n) is 4.90. The standard InChI is InChI=1S/C9H9N5O4/c1-5-11-8(13-18-5)9(17)12-6-2-10-14(3-6)4-7(15)16/h2-3H,4H2,1H3,(H,12,17)(H,15,16). The van der Waals surface area contributed by atoms with Gasteiger partial charge >= 0.3 is 5.97 Å². The molecule has 0 aromatic carbocycles. The number of aliphatic carboxylic acids is 1. The molecule has 0 fully saturated rings. The molecule has 2 aromatic rings. The summed E-state index contributed by atoms with van der Waals surface area (Å²) >= 11 is 0. The molecule has 18 heavy (non-hydrogen) atoms. The molecule has 0 aliphatic carbocycles. The second kappa shape index (κ2) is 4.65. The van der Waals surface area contributed by atoms with Gasteiger partial charge in [0.25, 0.3) is 11.7 Å². The number of nitrogens with one attached hydrogen (secondary N) is 1. The average molecular weight is 251 g/mol. The van der Waals surface area contributed by atoms with E-state index >= 15 is 0 Å². The Labute approximate surface area is 100 Å². The van der Waals surface area contributed by atoms with E-state index in [2.05, 4.69) is 25.1 Å². The molecule has 0 saturated carbocycles. The minimum atomic E-state index is -1.02. The van der Waals surface area contributed by atoms with Crippen LogP contribution in [0.25, 0.3) is 0 Å². The van der Waals surface area contributed by atoms with E-state index in [1.165, 1.54) is 17.1 Å². The van der Waals surface area contributed by atoms with Crippen molar-refractivity contribution in [3.8, 4) is 0 Å². The summed E-state index contributed by atoms with van der Waals surface area (Å²) in [6, 6.07) is 0. The van der Waals surface area contributed by atoms with Gasteiger partial charge in [-0.25, -0.2) is 0 Å². The van der Waals surface area contributed by atoms with Gasteiger partial charge in [0.2, 0.25) is 5.89 Å². The monoisotopic (exact) mass is 251 g/mol. The molecule has 0 bridgehead atoms. The van der Waals surface area contributed by atoms with E-state index in [1.54, 1.807) is 6.92 Å². The van der Waals surface area contributed by atoms with E-state index in [4.69, 9.17) is 5.11 Å². The summed E-state index contributed by atoms with van der Waals surface area (Å²) in [5, 5.41) is 18.2. The number of hydrogen-bond acceptors (Lipinski definition) is 6. The number of nitrogens with zero attached hydrogens (tertiary/aromatic N) is 4. The lowest BCUT2D eigenvalue weighted by atomic mass is 10.5. The van der Waals surface area contributed by atoms with Crippen LogP contribution in [0.4, 0.5) is 5.69 Å². The van der Waals surface area contributed by atoms with Crippen LogP contribution in [0.15, 0.2) is 16.9 Å². The van der Waals surface area contributed by atoms with Gasteiger partial charge < -0.3 is 14.9 Å². The lowest BCUT2D eigenvalue weighted by Crippen LogP contribution is -2.13. The smallest absolute Gasteiger partial charge is 0.325 e. The van der Waals surface area contributed by atoms with Crippen LogP contribution in [0.5, 0.6) is 0 Å². The molecular weight excluding hydrogens is 242 g/mol. The van der Waals surface area contributed by atoms with Crippen molar-refractivity contribution in [2.45, 2.75) is 13.5 Å². The Hall–Kier alpha value is -2.71. The summed E-state index contributed by atoms with van der Waals surface area (Å²) < 4.78 is 5.84. The van der Waals surface area contributed by atoms with Gasteiger partial charge in [-0.05, 0) is 0 Å². The quantitative estimate of drug-likeness (QED) is 0.778. The number of hydrogen-bond donors (Lipinski definition) is 2. The summed E-state index contributed by atoms with van der Waals surface area (Å²) in [7, 11) is 0. The molecule has 0 atom stereocenters. The van der Waals surface area contributed by atoms with E-state index in [0.29, 0.717) is 5.69 Å². The Balaban J connectivity index is 2.03. The first kappa shape index (κ1) is 11.8. The second-order valence-corrected chi connectivity index (χ2v) is 3.41. The van der Waals surface area contributed by atoms with Gasteiger partial charge in [-0.3, -0.25) is 14.3 Å². The number of carbonyl (C=O) groups is 2. The molecule has 1 amide bonds. The Kier molecular flexibility index (Phi) is 3.04. The van der Waals surface area contributed by atoms with Crippen molar-refractivity contribution in [3.05, 3.63) is 24.1 Å². The van der Waals surface area contributed by atoms with Crippen molar-refractivity contribution in [2.75, 3.05) is 5.32 Å². The molecule has 0 unspecified atom stereocenters. The van der Waals surface area contributed by atoms with Crippen LogP contribution in [0.3, 0.4) is 0 Å². The number of aryl methyl sites for hydroxylation is 1. The topological polar surface area (TPSA) is 123 Å². The third kappa shape index (κ3) is 2.70. The highest BCUT2D eigenvalue weighted by molar-refractivity contribution is 6.01. The molecule has 2 rings (SSSR count). The zero-order chi connectivity index (χ0) is 13.1. The van der Waals surface area contributed by atoms with Crippen molar-refractivity contribution in [3.63, 3.8) is 0 Å². The minimum Gasteiger partial charge on any atom is -0.480 e. The predicted molar refractivity (Wildman–Crippen MR) is 56.9 cm³/mol. The highest BCUT2D eigenvalue weighted by Crippen LogP contribution is 2.06. The zero-order valence-corrected chi connectivity index (χ0v) is 9.32. The van der Waals surface area contributed by atoms with E-state index in [0.717, 1.165) is 0 Å². The maximum absolute atomic E-state index is 11.6. The molecule has 0 aliphatic heterocycles. The van der Waals surface area contributed by atoms with Gasteiger partial charge in [-0.15, -0.1) is 0 Å². The Morgan fingerprint density at radius 2 is 2.33 bits per heavy atom. The molecule has 2 N–H and O–H groups in total.